The van der Waals surface area contributed by atoms with E-state index in [0.29, 0.717) is 5.70 Å². The highest BCUT2D eigenvalue weighted by Gasteiger charge is 2.33. The SMILES string of the molecule is CN=C(/C=C(/C)NC)C(F)(F)F. The minimum atomic E-state index is -4.37. The van der Waals surface area contributed by atoms with Crippen molar-refractivity contribution in [3.8, 4) is 0 Å². The molecule has 0 heterocycles. The fourth-order valence-electron chi connectivity index (χ4n) is 0.550. The second-order valence-corrected chi connectivity index (χ2v) is 2.18. The lowest BCUT2D eigenvalue weighted by atomic mass is 10.3. The Morgan fingerprint density at radius 3 is 2.17 bits per heavy atom. The molecule has 5 heteroatoms. The second kappa shape index (κ2) is 4.13. The minimum Gasteiger partial charge on any atom is -0.392 e. The summed E-state index contributed by atoms with van der Waals surface area (Å²) in [4.78, 5) is 3.12. The highest BCUT2D eigenvalue weighted by Crippen LogP contribution is 2.18. The third-order valence-electron chi connectivity index (χ3n) is 1.28. The van der Waals surface area contributed by atoms with Crippen LogP contribution in [0.15, 0.2) is 16.8 Å². The third-order valence-corrected chi connectivity index (χ3v) is 1.28. The van der Waals surface area contributed by atoms with Gasteiger partial charge in [0.25, 0.3) is 0 Å². The number of hydrogen-bond donors (Lipinski definition) is 1. The minimum absolute atomic E-state index is 0.424. The Balaban J connectivity index is 4.63. The molecule has 0 aliphatic rings. The van der Waals surface area contributed by atoms with Crippen molar-refractivity contribution in [2.24, 2.45) is 4.99 Å². The summed E-state index contributed by atoms with van der Waals surface area (Å²) in [5, 5.41) is 2.58. The molecule has 0 aromatic carbocycles. The Labute approximate surface area is 69.2 Å². The zero-order chi connectivity index (χ0) is 9.78. The first-order valence-corrected chi connectivity index (χ1v) is 3.32. The van der Waals surface area contributed by atoms with Crippen LogP contribution >= 0.6 is 0 Å². The Morgan fingerprint density at radius 2 is 1.92 bits per heavy atom. The van der Waals surface area contributed by atoms with Gasteiger partial charge in [0, 0.05) is 19.8 Å². The third kappa shape index (κ3) is 3.41. The molecule has 0 aliphatic heterocycles. The van der Waals surface area contributed by atoms with Crippen molar-refractivity contribution in [2.75, 3.05) is 14.1 Å². The van der Waals surface area contributed by atoms with Crippen molar-refractivity contribution in [2.45, 2.75) is 13.1 Å². The van der Waals surface area contributed by atoms with E-state index in [1.54, 1.807) is 7.05 Å². The van der Waals surface area contributed by atoms with Gasteiger partial charge in [-0.25, -0.2) is 0 Å². The lowest BCUT2D eigenvalue weighted by molar-refractivity contribution is -0.0578. The fraction of sp³-hybridized carbons (Fsp3) is 0.571. The molecular weight excluding hydrogens is 169 g/mol. The summed E-state index contributed by atoms with van der Waals surface area (Å²) in [6.45, 7) is 1.54. The Kier molecular flexibility index (Phi) is 3.79. The molecule has 0 aromatic rings. The average Bonchev–Trinajstić information content (AvgIpc) is 1.97. The Morgan fingerprint density at radius 1 is 1.42 bits per heavy atom. The Bertz CT molecular complexity index is 203. The predicted octanol–water partition coefficient (Wildman–Crippen LogP) is 1.74. The van der Waals surface area contributed by atoms with Crippen LogP contribution in [0.4, 0.5) is 13.2 Å². The van der Waals surface area contributed by atoms with Crippen molar-refractivity contribution < 1.29 is 13.2 Å². The van der Waals surface area contributed by atoms with E-state index in [4.69, 9.17) is 0 Å². The summed E-state index contributed by atoms with van der Waals surface area (Å²) < 4.78 is 36.0. The molecule has 0 amide bonds. The van der Waals surface area contributed by atoms with Crippen molar-refractivity contribution >= 4 is 5.71 Å². The van der Waals surface area contributed by atoms with E-state index < -0.39 is 11.9 Å². The van der Waals surface area contributed by atoms with Gasteiger partial charge in [-0.1, -0.05) is 0 Å². The summed E-state index contributed by atoms with van der Waals surface area (Å²) in [6, 6.07) is 0. The molecule has 0 atom stereocenters. The highest BCUT2D eigenvalue weighted by molar-refractivity contribution is 5.99. The van der Waals surface area contributed by atoms with E-state index in [1.807, 2.05) is 0 Å². The lowest BCUT2D eigenvalue weighted by Gasteiger charge is -2.06. The largest absolute Gasteiger partial charge is 0.432 e. The van der Waals surface area contributed by atoms with Crippen LogP contribution in [-0.4, -0.2) is 26.0 Å². The molecule has 0 saturated carbocycles. The molecule has 0 aliphatic carbocycles. The average molecular weight is 180 g/mol. The maximum absolute atomic E-state index is 12.0. The summed E-state index contributed by atoms with van der Waals surface area (Å²) in [5.41, 5.74) is -0.456. The van der Waals surface area contributed by atoms with E-state index in [1.165, 1.54) is 6.92 Å². The summed E-state index contributed by atoms with van der Waals surface area (Å²) in [7, 11) is 2.66. The molecular formula is C7H11F3N2. The number of nitrogens with one attached hydrogen (secondary N) is 1. The van der Waals surface area contributed by atoms with Crippen LogP contribution in [0, 0.1) is 0 Å². The van der Waals surface area contributed by atoms with Crippen molar-refractivity contribution in [1.82, 2.24) is 5.32 Å². The fourth-order valence-corrected chi connectivity index (χ4v) is 0.550. The quantitative estimate of drug-likeness (QED) is 0.643. The topological polar surface area (TPSA) is 24.4 Å². The molecule has 0 aromatic heterocycles. The number of halogens is 3. The number of nitrogens with zero attached hydrogens (tertiary/aromatic N) is 1. The van der Waals surface area contributed by atoms with Gasteiger partial charge in [0.2, 0.25) is 0 Å². The van der Waals surface area contributed by atoms with Gasteiger partial charge in [0.05, 0.1) is 0 Å². The smallest absolute Gasteiger partial charge is 0.392 e. The first-order chi connectivity index (χ1) is 5.41. The van der Waals surface area contributed by atoms with Gasteiger partial charge in [0.1, 0.15) is 5.71 Å². The number of rotatable bonds is 2. The van der Waals surface area contributed by atoms with Crippen LogP contribution in [0.3, 0.4) is 0 Å². The first-order valence-electron chi connectivity index (χ1n) is 3.32. The van der Waals surface area contributed by atoms with Gasteiger partial charge < -0.3 is 5.32 Å². The number of alkyl halides is 3. The lowest BCUT2D eigenvalue weighted by Crippen LogP contribution is -2.22. The standard InChI is InChI=1S/C7H11F3N2/c1-5(11-2)4-6(12-3)7(8,9)10/h4,11H,1-3H3/b5-4-,12-6?. The monoisotopic (exact) mass is 180 g/mol. The number of aliphatic imine (C=N–C) groups is 1. The highest BCUT2D eigenvalue weighted by atomic mass is 19.4. The van der Waals surface area contributed by atoms with Crippen LogP contribution < -0.4 is 5.32 Å². The van der Waals surface area contributed by atoms with E-state index in [9.17, 15) is 13.2 Å². The van der Waals surface area contributed by atoms with Gasteiger partial charge in [-0.05, 0) is 13.0 Å². The Hall–Kier alpha value is -1.00. The maximum atomic E-state index is 12.0. The molecule has 0 spiro atoms. The molecule has 2 nitrogen and oxygen atoms in total. The first kappa shape index (κ1) is 11.0. The molecule has 0 fully saturated rings. The van der Waals surface area contributed by atoms with Gasteiger partial charge in [-0.3, -0.25) is 4.99 Å². The van der Waals surface area contributed by atoms with Gasteiger partial charge in [0.15, 0.2) is 0 Å². The van der Waals surface area contributed by atoms with Gasteiger partial charge in [-0.15, -0.1) is 0 Å². The maximum Gasteiger partial charge on any atom is 0.432 e. The van der Waals surface area contributed by atoms with Crippen LogP contribution in [0.25, 0.3) is 0 Å². The van der Waals surface area contributed by atoms with Crippen molar-refractivity contribution in [1.29, 1.82) is 0 Å². The number of allylic oxidation sites excluding steroid dienone is 2. The van der Waals surface area contributed by atoms with Crippen LogP contribution in [0.1, 0.15) is 6.92 Å². The molecule has 0 radical (unpaired) electrons. The van der Waals surface area contributed by atoms with Crippen LogP contribution in [0.5, 0.6) is 0 Å². The summed E-state index contributed by atoms with van der Waals surface area (Å²) in [5.74, 6) is 0. The zero-order valence-electron chi connectivity index (χ0n) is 7.16. The van der Waals surface area contributed by atoms with Crippen LogP contribution in [-0.2, 0) is 0 Å². The molecule has 0 rings (SSSR count). The van der Waals surface area contributed by atoms with E-state index in [0.717, 1.165) is 13.1 Å². The molecule has 70 valence electrons. The molecule has 0 bridgehead atoms. The molecule has 1 N–H and O–H groups in total. The summed E-state index contributed by atoms with van der Waals surface area (Å²) in [6.07, 6.45) is -3.41. The zero-order valence-corrected chi connectivity index (χ0v) is 7.16. The van der Waals surface area contributed by atoms with E-state index in [-0.39, 0.29) is 0 Å². The predicted molar refractivity (Wildman–Crippen MR) is 42.2 cm³/mol. The van der Waals surface area contributed by atoms with E-state index >= 15 is 0 Å². The van der Waals surface area contributed by atoms with E-state index in [2.05, 4.69) is 10.3 Å². The summed E-state index contributed by atoms with van der Waals surface area (Å²) >= 11 is 0. The van der Waals surface area contributed by atoms with Gasteiger partial charge >= 0.3 is 6.18 Å². The van der Waals surface area contributed by atoms with Gasteiger partial charge in [-0.2, -0.15) is 13.2 Å². The normalized spacial score (nSPS) is 14.8. The van der Waals surface area contributed by atoms with Crippen LogP contribution in [0.2, 0.25) is 0 Å². The molecule has 0 saturated heterocycles. The van der Waals surface area contributed by atoms with Crippen molar-refractivity contribution in [3.63, 3.8) is 0 Å². The van der Waals surface area contributed by atoms with Crippen molar-refractivity contribution in [3.05, 3.63) is 11.8 Å². The molecule has 12 heavy (non-hydrogen) atoms. The molecule has 0 unspecified atom stereocenters. The second-order valence-electron chi connectivity index (χ2n) is 2.18. The number of hydrogen-bond acceptors (Lipinski definition) is 2.